The van der Waals surface area contributed by atoms with Crippen LogP contribution in [0.4, 0.5) is 5.69 Å². The molecule has 0 fully saturated rings. The number of fused-ring (bicyclic) bond motifs is 1. The number of anilines is 1. The Morgan fingerprint density at radius 3 is 2.60 bits per heavy atom. The molecule has 0 unspecified atom stereocenters. The van der Waals surface area contributed by atoms with Crippen LogP contribution in [-0.4, -0.2) is 25.0 Å². The van der Waals surface area contributed by atoms with Crippen molar-refractivity contribution in [2.45, 2.75) is 13.1 Å². The molecule has 0 saturated heterocycles. The number of likely N-dealkylation sites (N-methyl/N-ethyl adjacent to an activating group) is 1. The van der Waals surface area contributed by atoms with Gasteiger partial charge in [-0.2, -0.15) is 0 Å². The molecule has 0 amide bonds. The molecule has 3 rings (SSSR count). The van der Waals surface area contributed by atoms with Gasteiger partial charge in [0, 0.05) is 43.9 Å². The molecule has 2 aromatic carbocycles. The quantitative estimate of drug-likeness (QED) is 0.829. The second kappa shape index (κ2) is 5.86. The van der Waals surface area contributed by atoms with Crippen molar-refractivity contribution in [1.29, 1.82) is 0 Å². The molecule has 0 atom stereocenters. The van der Waals surface area contributed by atoms with E-state index < -0.39 is 0 Å². The van der Waals surface area contributed by atoms with Gasteiger partial charge < -0.3 is 4.90 Å². The topological polar surface area (TPSA) is 6.48 Å². The number of rotatable bonds is 2. The van der Waals surface area contributed by atoms with E-state index in [1.165, 1.54) is 16.8 Å². The first-order valence-electron chi connectivity index (χ1n) is 6.99. The normalized spacial score (nSPS) is 15.8. The Morgan fingerprint density at radius 1 is 1.00 bits per heavy atom. The van der Waals surface area contributed by atoms with Crippen molar-refractivity contribution in [3.8, 4) is 0 Å². The fourth-order valence-corrected chi connectivity index (χ4v) is 2.95. The predicted molar refractivity (Wildman–Crippen MR) is 85.3 cm³/mol. The Balaban J connectivity index is 1.82. The Kier molecular flexibility index (Phi) is 3.95. The first kappa shape index (κ1) is 13.5. The van der Waals surface area contributed by atoms with E-state index in [9.17, 15) is 0 Å². The summed E-state index contributed by atoms with van der Waals surface area (Å²) in [7, 11) is 2.16. The van der Waals surface area contributed by atoms with Gasteiger partial charge in [-0.1, -0.05) is 48.0 Å². The van der Waals surface area contributed by atoms with Crippen LogP contribution in [0, 0.1) is 0 Å². The zero-order valence-corrected chi connectivity index (χ0v) is 12.5. The van der Waals surface area contributed by atoms with E-state index in [1.54, 1.807) is 0 Å². The molecule has 2 aromatic rings. The van der Waals surface area contributed by atoms with Crippen molar-refractivity contribution >= 4 is 17.3 Å². The summed E-state index contributed by atoms with van der Waals surface area (Å²) in [6.07, 6.45) is 0. The number of hydrogen-bond acceptors (Lipinski definition) is 2. The number of hydrogen-bond donors (Lipinski definition) is 0. The lowest BCUT2D eigenvalue weighted by Crippen LogP contribution is -2.28. The second-order valence-electron chi connectivity index (χ2n) is 5.35. The zero-order valence-electron chi connectivity index (χ0n) is 11.7. The number of benzene rings is 2. The average molecular weight is 287 g/mol. The van der Waals surface area contributed by atoms with Crippen LogP contribution in [-0.2, 0) is 13.1 Å². The molecule has 0 N–H and O–H groups in total. The van der Waals surface area contributed by atoms with Crippen molar-refractivity contribution in [1.82, 2.24) is 4.90 Å². The lowest BCUT2D eigenvalue weighted by atomic mass is 10.1. The van der Waals surface area contributed by atoms with Crippen LogP contribution in [0.3, 0.4) is 0 Å². The van der Waals surface area contributed by atoms with Crippen molar-refractivity contribution in [3.63, 3.8) is 0 Å². The summed E-state index contributed by atoms with van der Waals surface area (Å²) in [5.74, 6) is 0. The van der Waals surface area contributed by atoms with Crippen molar-refractivity contribution < 1.29 is 0 Å². The summed E-state index contributed by atoms with van der Waals surface area (Å²) in [5, 5.41) is 0.860. The number of halogens is 1. The van der Waals surface area contributed by atoms with Gasteiger partial charge in [0.2, 0.25) is 0 Å². The SMILES string of the molecule is CN1CCN(Cc2ccccc2Cl)Cc2ccccc21. The van der Waals surface area contributed by atoms with E-state index in [2.05, 4.69) is 53.2 Å². The van der Waals surface area contributed by atoms with Crippen LogP contribution >= 0.6 is 11.6 Å². The molecule has 0 saturated carbocycles. The fraction of sp³-hybridized carbons (Fsp3) is 0.294. The molecule has 1 aliphatic rings. The van der Waals surface area contributed by atoms with E-state index in [1.807, 2.05) is 12.1 Å². The highest BCUT2D eigenvalue weighted by atomic mass is 35.5. The molecular weight excluding hydrogens is 268 g/mol. The lowest BCUT2D eigenvalue weighted by Gasteiger charge is -2.21. The summed E-state index contributed by atoms with van der Waals surface area (Å²) >= 11 is 6.28. The van der Waals surface area contributed by atoms with Gasteiger partial charge in [-0.15, -0.1) is 0 Å². The van der Waals surface area contributed by atoms with E-state index in [0.29, 0.717) is 0 Å². The van der Waals surface area contributed by atoms with Crippen molar-refractivity contribution in [2.75, 3.05) is 25.0 Å². The van der Waals surface area contributed by atoms with Crippen LogP contribution in [0.5, 0.6) is 0 Å². The van der Waals surface area contributed by atoms with Crippen LogP contribution in [0.2, 0.25) is 5.02 Å². The van der Waals surface area contributed by atoms with Crippen LogP contribution in [0.1, 0.15) is 11.1 Å². The minimum Gasteiger partial charge on any atom is -0.373 e. The maximum absolute atomic E-state index is 6.28. The number of nitrogens with zero attached hydrogens (tertiary/aromatic N) is 2. The highest BCUT2D eigenvalue weighted by Crippen LogP contribution is 2.25. The molecule has 2 nitrogen and oxygen atoms in total. The van der Waals surface area contributed by atoms with Crippen molar-refractivity contribution in [2.24, 2.45) is 0 Å². The first-order chi connectivity index (χ1) is 9.74. The van der Waals surface area contributed by atoms with Gasteiger partial charge in [0.25, 0.3) is 0 Å². The fourth-order valence-electron chi connectivity index (χ4n) is 2.75. The Morgan fingerprint density at radius 2 is 1.75 bits per heavy atom. The third-order valence-corrected chi connectivity index (χ3v) is 4.27. The van der Waals surface area contributed by atoms with E-state index >= 15 is 0 Å². The smallest absolute Gasteiger partial charge is 0.0451 e. The zero-order chi connectivity index (χ0) is 13.9. The molecule has 104 valence electrons. The summed E-state index contributed by atoms with van der Waals surface area (Å²) < 4.78 is 0. The summed E-state index contributed by atoms with van der Waals surface area (Å²) in [6.45, 7) is 3.98. The van der Waals surface area contributed by atoms with Gasteiger partial charge in [0.1, 0.15) is 0 Å². The maximum atomic E-state index is 6.28. The molecule has 3 heteroatoms. The predicted octanol–water partition coefficient (Wildman–Crippen LogP) is 3.79. The van der Waals surface area contributed by atoms with E-state index in [4.69, 9.17) is 11.6 Å². The molecule has 0 spiro atoms. The van der Waals surface area contributed by atoms with E-state index in [0.717, 1.165) is 31.2 Å². The lowest BCUT2D eigenvalue weighted by molar-refractivity contribution is 0.269. The van der Waals surface area contributed by atoms with Crippen LogP contribution in [0.15, 0.2) is 48.5 Å². The van der Waals surface area contributed by atoms with Crippen molar-refractivity contribution in [3.05, 3.63) is 64.7 Å². The second-order valence-corrected chi connectivity index (χ2v) is 5.76. The van der Waals surface area contributed by atoms with Gasteiger partial charge in [0.15, 0.2) is 0 Å². The standard InChI is InChI=1S/C17H19ClN2/c1-19-10-11-20(12-14-6-2-4-8-16(14)18)13-15-7-3-5-9-17(15)19/h2-9H,10-13H2,1H3. The van der Waals surface area contributed by atoms with Gasteiger partial charge in [0.05, 0.1) is 0 Å². The summed E-state index contributed by atoms with van der Waals surface area (Å²) in [6, 6.07) is 16.8. The average Bonchev–Trinajstić information content (AvgIpc) is 2.62. The molecule has 1 aliphatic heterocycles. The van der Waals surface area contributed by atoms with Gasteiger partial charge in [-0.25, -0.2) is 0 Å². The largest absolute Gasteiger partial charge is 0.373 e. The molecule has 0 bridgehead atoms. The Bertz CT molecular complexity index is 597. The minimum absolute atomic E-state index is 0.860. The van der Waals surface area contributed by atoms with Gasteiger partial charge >= 0.3 is 0 Å². The van der Waals surface area contributed by atoms with E-state index in [-0.39, 0.29) is 0 Å². The summed E-state index contributed by atoms with van der Waals surface area (Å²) in [5.41, 5.74) is 3.94. The Hall–Kier alpha value is -1.51. The van der Waals surface area contributed by atoms with Crippen LogP contribution < -0.4 is 4.90 Å². The molecule has 0 radical (unpaired) electrons. The van der Waals surface area contributed by atoms with Crippen LogP contribution in [0.25, 0.3) is 0 Å². The maximum Gasteiger partial charge on any atom is 0.0451 e. The van der Waals surface area contributed by atoms with Gasteiger partial charge in [-0.3, -0.25) is 4.90 Å². The molecule has 20 heavy (non-hydrogen) atoms. The third kappa shape index (κ3) is 2.82. The first-order valence-corrected chi connectivity index (χ1v) is 7.36. The third-order valence-electron chi connectivity index (χ3n) is 3.90. The minimum atomic E-state index is 0.860. The molecule has 1 heterocycles. The monoisotopic (exact) mass is 286 g/mol. The molecule has 0 aromatic heterocycles. The molecular formula is C17H19ClN2. The highest BCUT2D eigenvalue weighted by Gasteiger charge is 2.17. The highest BCUT2D eigenvalue weighted by molar-refractivity contribution is 6.31. The Labute approximate surface area is 125 Å². The number of para-hydroxylation sites is 1. The van der Waals surface area contributed by atoms with Gasteiger partial charge in [-0.05, 0) is 23.3 Å². The molecule has 0 aliphatic carbocycles. The summed E-state index contributed by atoms with van der Waals surface area (Å²) in [4.78, 5) is 4.80.